The first-order valence-electron chi connectivity index (χ1n) is 7.72. The quantitative estimate of drug-likeness (QED) is 0.450. The van der Waals surface area contributed by atoms with Gasteiger partial charge in [0.05, 0.1) is 30.5 Å². The van der Waals surface area contributed by atoms with Gasteiger partial charge < -0.3 is 9.47 Å². The Balaban J connectivity index is 2.14. The van der Waals surface area contributed by atoms with E-state index < -0.39 is 5.25 Å². The van der Waals surface area contributed by atoms with Gasteiger partial charge in [0, 0.05) is 18.2 Å². The number of aryl methyl sites for hydroxylation is 1. The first-order valence-corrected chi connectivity index (χ1v) is 9.59. The second kappa shape index (κ2) is 7.53. The van der Waals surface area contributed by atoms with Crippen LogP contribution in [0.5, 0.6) is 5.75 Å². The highest BCUT2D eigenvalue weighted by molar-refractivity contribution is 8.00. The molecule has 2 aromatic rings. The van der Waals surface area contributed by atoms with E-state index in [4.69, 9.17) is 9.47 Å². The highest BCUT2D eigenvalue weighted by atomic mass is 32.2. The van der Waals surface area contributed by atoms with Crippen molar-refractivity contribution >= 4 is 29.5 Å². The summed E-state index contributed by atoms with van der Waals surface area (Å²) in [5, 5.41) is 0.0123. The van der Waals surface area contributed by atoms with E-state index in [9.17, 15) is 9.59 Å². The Morgan fingerprint density at radius 1 is 1.40 bits per heavy atom. The molecule has 1 aliphatic heterocycles. The van der Waals surface area contributed by atoms with Gasteiger partial charge in [0.1, 0.15) is 11.0 Å². The number of hydrogen-bond donors (Lipinski definition) is 0. The van der Waals surface area contributed by atoms with Crippen LogP contribution in [-0.4, -0.2) is 40.7 Å². The van der Waals surface area contributed by atoms with E-state index in [1.165, 1.54) is 30.6 Å². The van der Waals surface area contributed by atoms with Gasteiger partial charge in [0.25, 0.3) is 5.56 Å². The first kappa shape index (κ1) is 17.9. The Labute approximate surface area is 153 Å². The number of esters is 1. The lowest BCUT2D eigenvalue weighted by molar-refractivity contribution is -0.139. The van der Waals surface area contributed by atoms with Crippen molar-refractivity contribution in [1.29, 1.82) is 0 Å². The summed E-state index contributed by atoms with van der Waals surface area (Å²) in [7, 11) is 2.93. The summed E-state index contributed by atoms with van der Waals surface area (Å²) in [5.41, 5.74) is 1.35. The van der Waals surface area contributed by atoms with Crippen molar-refractivity contribution in [1.82, 2.24) is 9.55 Å². The fourth-order valence-electron chi connectivity index (χ4n) is 2.52. The van der Waals surface area contributed by atoms with Gasteiger partial charge in [-0.25, -0.2) is 4.98 Å². The zero-order chi connectivity index (χ0) is 18.0. The fourth-order valence-corrected chi connectivity index (χ4v) is 4.51. The molecule has 1 unspecified atom stereocenters. The predicted octanol–water partition coefficient (Wildman–Crippen LogP) is 2.54. The van der Waals surface area contributed by atoms with Crippen molar-refractivity contribution in [2.75, 3.05) is 20.0 Å². The molecule has 6 nitrogen and oxygen atoms in total. The van der Waals surface area contributed by atoms with Crippen molar-refractivity contribution in [3.63, 3.8) is 0 Å². The van der Waals surface area contributed by atoms with Gasteiger partial charge in [-0.15, -0.1) is 11.8 Å². The summed E-state index contributed by atoms with van der Waals surface area (Å²) >= 11 is 2.74. The zero-order valence-electron chi connectivity index (χ0n) is 14.1. The van der Waals surface area contributed by atoms with Crippen molar-refractivity contribution in [3.8, 4) is 11.4 Å². The Morgan fingerprint density at radius 3 is 2.92 bits per heavy atom. The monoisotopic (exact) mass is 378 g/mol. The third-order valence-electron chi connectivity index (χ3n) is 3.79. The lowest BCUT2D eigenvalue weighted by Crippen LogP contribution is -2.25. The molecule has 1 atom stereocenters. The molecule has 1 aromatic heterocycles. The summed E-state index contributed by atoms with van der Waals surface area (Å²) in [6, 6.07) is 7.24. The van der Waals surface area contributed by atoms with E-state index in [-0.39, 0.29) is 11.5 Å². The second-order valence-electron chi connectivity index (χ2n) is 5.39. The maximum atomic E-state index is 13.0. The summed E-state index contributed by atoms with van der Waals surface area (Å²) < 4.78 is 11.6. The number of rotatable bonds is 5. The van der Waals surface area contributed by atoms with Crippen molar-refractivity contribution in [2.24, 2.45) is 0 Å². The number of carbonyl (C=O) groups is 1. The van der Waals surface area contributed by atoms with E-state index in [0.29, 0.717) is 21.5 Å². The zero-order valence-corrected chi connectivity index (χ0v) is 15.8. The molecule has 2 heterocycles. The van der Waals surface area contributed by atoms with Gasteiger partial charge in [-0.2, -0.15) is 0 Å². The Hall–Kier alpha value is -1.93. The Bertz CT molecular complexity index is 866. The molecule has 1 aromatic carbocycles. The predicted molar refractivity (Wildman–Crippen MR) is 98.1 cm³/mol. The third-order valence-corrected chi connectivity index (χ3v) is 5.93. The number of aromatic nitrogens is 2. The largest absolute Gasteiger partial charge is 0.497 e. The fraction of sp³-hybridized carbons (Fsp3) is 0.353. The minimum absolute atomic E-state index is 0.111. The number of ether oxygens (including phenoxy) is 2. The maximum absolute atomic E-state index is 13.0. The standard InChI is InChI=1S/C17H18N2O4S2/c1-10(16(21)23-3)25-17-18-13-7-8-24-14(13)15(20)19(17)11-5-4-6-12(9-11)22-2/h4-6,9-10H,7-8H2,1-3H3. The van der Waals surface area contributed by atoms with E-state index in [2.05, 4.69) is 4.98 Å². The van der Waals surface area contributed by atoms with Crippen molar-refractivity contribution in [3.05, 3.63) is 40.3 Å². The van der Waals surface area contributed by atoms with Crippen LogP contribution in [0.4, 0.5) is 0 Å². The first-order chi connectivity index (χ1) is 12.0. The van der Waals surface area contributed by atoms with Crippen LogP contribution in [0.25, 0.3) is 5.69 Å². The molecule has 0 N–H and O–H groups in total. The molecule has 0 fully saturated rings. The number of methoxy groups -OCH3 is 2. The van der Waals surface area contributed by atoms with E-state index in [1.54, 1.807) is 24.7 Å². The van der Waals surface area contributed by atoms with Crippen LogP contribution >= 0.6 is 23.5 Å². The number of nitrogens with zero attached hydrogens (tertiary/aromatic N) is 2. The molecular weight excluding hydrogens is 360 g/mol. The molecule has 0 amide bonds. The van der Waals surface area contributed by atoms with Crippen LogP contribution in [0.3, 0.4) is 0 Å². The number of hydrogen-bond acceptors (Lipinski definition) is 7. The molecule has 0 saturated carbocycles. The molecule has 3 rings (SSSR count). The molecule has 25 heavy (non-hydrogen) atoms. The molecule has 0 radical (unpaired) electrons. The highest BCUT2D eigenvalue weighted by Crippen LogP contribution is 2.32. The van der Waals surface area contributed by atoms with Crippen LogP contribution in [-0.2, 0) is 16.0 Å². The van der Waals surface area contributed by atoms with E-state index >= 15 is 0 Å². The normalized spacial score (nSPS) is 14.0. The second-order valence-corrected chi connectivity index (χ2v) is 7.81. The average Bonchev–Trinajstić information content (AvgIpc) is 3.10. The summed E-state index contributed by atoms with van der Waals surface area (Å²) in [5.74, 6) is 1.14. The third kappa shape index (κ3) is 3.55. The van der Waals surface area contributed by atoms with Crippen LogP contribution in [0.2, 0.25) is 0 Å². The minimum Gasteiger partial charge on any atom is -0.497 e. The lowest BCUT2D eigenvalue weighted by atomic mass is 10.3. The Kier molecular flexibility index (Phi) is 5.39. The van der Waals surface area contributed by atoms with Crippen LogP contribution < -0.4 is 10.3 Å². The van der Waals surface area contributed by atoms with Gasteiger partial charge in [-0.1, -0.05) is 17.8 Å². The topological polar surface area (TPSA) is 70.4 Å². The molecular formula is C17H18N2O4S2. The van der Waals surface area contributed by atoms with Gasteiger partial charge >= 0.3 is 5.97 Å². The number of carbonyl (C=O) groups excluding carboxylic acids is 1. The SMILES string of the molecule is COC(=O)C(C)Sc1nc2c(c(=O)n1-c1cccc(OC)c1)SCC2. The number of benzene rings is 1. The number of thioether (sulfide) groups is 2. The van der Waals surface area contributed by atoms with E-state index in [1.807, 2.05) is 18.2 Å². The highest BCUT2D eigenvalue weighted by Gasteiger charge is 2.25. The summed E-state index contributed by atoms with van der Waals surface area (Å²) in [6.07, 6.45) is 0.758. The van der Waals surface area contributed by atoms with Gasteiger partial charge in [0.15, 0.2) is 5.16 Å². The van der Waals surface area contributed by atoms with Gasteiger partial charge in [-0.05, 0) is 19.1 Å². The van der Waals surface area contributed by atoms with Crippen molar-refractivity contribution in [2.45, 2.75) is 28.6 Å². The molecule has 8 heteroatoms. The van der Waals surface area contributed by atoms with Gasteiger partial charge in [-0.3, -0.25) is 14.2 Å². The van der Waals surface area contributed by atoms with Crippen LogP contribution in [0.1, 0.15) is 12.6 Å². The van der Waals surface area contributed by atoms with Gasteiger partial charge in [0.2, 0.25) is 0 Å². The minimum atomic E-state index is -0.471. The molecule has 1 aliphatic rings. The molecule has 0 bridgehead atoms. The number of fused-ring (bicyclic) bond motifs is 1. The maximum Gasteiger partial charge on any atom is 0.318 e. The summed E-state index contributed by atoms with van der Waals surface area (Å²) in [6.45, 7) is 1.74. The average molecular weight is 378 g/mol. The smallest absolute Gasteiger partial charge is 0.318 e. The molecule has 0 aliphatic carbocycles. The summed E-state index contributed by atoms with van der Waals surface area (Å²) in [4.78, 5) is 30.2. The van der Waals surface area contributed by atoms with Crippen LogP contribution in [0.15, 0.2) is 39.1 Å². The lowest BCUT2D eigenvalue weighted by Gasteiger charge is -2.16. The molecule has 0 spiro atoms. The van der Waals surface area contributed by atoms with E-state index in [0.717, 1.165) is 17.9 Å². The molecule has 132 valence electrons. The van der Waals surface area contributed by atoms with Crippen molar-refractivity contribution < 1.29 is 14.3 Å². The Morgan fingerprint density at radius 2 is 2.20 bits per heavy atom. The van der Waals surface area contributed by atoms with Crippen LogP contribution in [0, 0.1) is 0 Å². The molecule has 0 saturated heterocycles.